The van der Waals surface area contributed by atoms with Crippen LogP contribution in [-0.4, -0.2) is 39.4 Å². The minimum absolute atomic E-state index is 0.0604. The molecule has 3 unspecified atom stereocenters. The number of hydrogen-bond donors (Lipinski definition) is 3. The summed E-state index contributed by atoms with van der Waals surface area (Å²) in [4.78, 5) is 0. The SMILES string of the molecule is C=C1CC[C@@H](O)C/C1=C/C=C1\CCC[C@]2(C)[C@@H]([C@H](C)CC3CC(C)(O)C(O)O3)CC[C@@H]12. The van der Waals surface area contributed by atoms with Crippen LogP contribution in [0.2, 0.25) is 0 Å². The van der Waals surface area contributed by atoms with Crippen LogP contribution < -0.4 is 0 Å². The third kappa shape index (κ3) is 4.59. The Morgan fingerprint density at radius 1 is 1.16 bits per heavy atom. The molecule has 0 aromatic heterocycles. The number of allylic oxidation sites excluding steroid dienone is 4. The van der Waals surface area contributed by atoms with Crippen molar-refractivity contribution in [3.05, 3.63) is 35.5 Å². The van der Waals surface area contributed by atoms with Gasteiger partial charge in [0.05, 0.1) is 12.2 Å². The summed E-state index contributed by atoms with van der Waals surface area (Å²) in [5.41, 5.74) is 3.18. The summed E-state index contributed by atoms with van der Waals surface area (Å²) in [6.45, 7) is 10.7. The Bertz CT molecular complexity index is 750. The highest BCUT2D eigenvalue weighted by Gasteiger charge is 2.52. The molecule has 3 N–H and O–H groups in total. The van der Waals surface area contributed by atoms with Crippen LogP contribution in [0.5, 0.6) is 0 Å². The molecule has 8 atom stereocenters. The molecule has 4 fully saturated rings. The van der Waals surface area contributed by atoms with Crippen molar-refractivity contribution in [2.75, 3.05) is 0 Å². The van der Waals surface area contributed by atoms with Crippen LogP contribution in [0.4, 0.5) is 0 Å². The lowest BCUT2D eigenvalue weighted by molar-refractivity contribution is -0.163. The van der Waals surface area contributed by atoms with E-state index in [-0.39, 0.29) is 12.2 Å². The first-order valence-electron chi connectivity index (χ1n) is 12.4. The van der Waals surface area contributed by atoms with E-state index in [0.29, 0.717) is 29.6 Å². The zero-order chi connectivity index (χ0) is 22.4. The quantitative estimate of drug-likeness (QED) is 0.584. The molecule has 1 heterocycles. The van der Waals surface area contributed by atoms with Crippen LogP contribution in [0, 0.1) is 23.2 Å². The molecule has 174 valence electrons. The monoisotopic (exact) mass is 430 g/mol. The minimum atomic E-state index is -1.13. The van der Waals surface area contributed by atoms with Crippen LogP contribution in [0.3, 0.4) is 0 Å². The molecule has 4 aliphatic rings. The van der Waals surface area contributed by atoms with Crippen molar-refractivity contribution in [2.24, 2.45) is 23.2 Å². The second-order valence-electron chi connectivity index (χ2n) is 11.4. The summed E-state index contributed by atoms with van der Waals surface area (Å²) < 4.78 is 5.68. The molecule has 0 amide bonds. The maximum absolute atomic E-state index is 10.3. The van der Waals surface area contributed by atoms with Gasteiger partial charge >= 0.3 is 0 Å². The lowest BCUT2D eigenvalue weighted by atomic mass is 9.60. The van der Waals surface area contributed by atoms with E-state index >= 15 is 0 Å². The molecule has 1 aliphatic heterocycles. The smallest absolute Gasteiger partial charge is 0.183 e. The maximum Gasteiger partial charge on any atom is 0.183 e. The van der Waals surface area contributed by atoms with Crippen LogP contribution >= 0.6 is 0 Å². The molecule has 0 bridgehead atoms. The Morgan fingerprint density at radius 3 is 2.65 bits per heavy atom. The van der Waals surface area contributed by atoms with Gasteiger partial charge in [0.2, 0.25) is 0 Å². The van der Waals surface area contributed by atoms with Gasteiger partial charge in [0.25, 0.3) is 0 Å². The number of ether oxygens (including phenoxy) is 1. The molecule has 0 aromatic rings. The molecule has 0 spiro atoms. The van der Waals surface area contributed by atoms with Crippen molar-refractivity contribution >= 4 is 0 Å². The lowest BCUT2D eigenvalue weighted by Gasteiger charge is -2.44. The van der Waals surface area contributed by atoms with Crippen molar-refractivity contribution in [3.63, 3.8) is 0 Å². The van der Waals surface area contributed by atoms with Gasteiger partial charge in [-0.25, -0.2) is 0 Å². The third-order valence-corrected chi connectivity index (χ3v) is 9.04. The second kappa shape index (κ2) is 8.78. The lowest BCUT2D eigenvalue weighted by Crippen LogP contribution is -2.36. The Balaban J connectivity index is 1.46. The highest BCUT2D eigenvalue weighted by molar-refractivity contribution is 5.36. The zero-order valence-corrected chi connectivity index (χ0v) is 19.6. The minimum Gasteiger partial charge on any atom is -0.393 e. The van der Waals surface area contributed by atoms with Crippen molar-refractivity contribution < 1.29 is 20.1 Å². The van der Waals surface area contributed by atoms with E-state index in [1.807, 2.05) is 0 Å². The van der Waals surface area contributed by atoms with Gasteiger partial charge in [-0.1, -0.05) is 43.7 Å². The summed E-state index contributed by atoms with van der Waals surface area (Å²) in [6, 6.07) is 0. The standard InChI is InChI=1S/C27H42O4/c1-17-7-10-21(28)15-20(17)9-8-19-6-5-13-26(3)23(11-12-24(19)26)18(2)14-22-16-27(4,30)25(29)31-22/h8-9,18,21-25,28-30H,1,5-7,10-16H2,2-4H3/b19-8+,20-9-/t18-,21-,22?,23-,24+,25?,26-,27?/m1/s1. The highest BCUT2D eigenvalue weighted by Crippen LogP contribution is 2.60. The first-order chi connectivity index (χ1) is 14.6. The molecule has 1 saturated heterocycles. The summed E-state index contributed by atoms with van der Waals surface area (Å²) >= 11 is 0. The Kier molecular flexibility index (Phi) is 6.58. The summed E-state index contributed by atoms with van der Waals surface area (Å²) in [5, 5.41) is 30.3. The van der Waals surface area contributed by atoms with Crippen LogP contribution in [0.25, 0.3) is 0 Å². The van der Waals surface area contributed by atoms with E-state index in [4.69, 9.17) is 4.74 Å². The topological polar surface area (TPSA) is 69.9 Å². The Morgan fingerprint density at radius 2 is 1.94 bits per heavy atom. The fourth-order valence-corrected chi connectivity index (χ4v) is 7.27. The van der Waals surface area contributed by atoms with Gasteiger partial charge in [-0.15, -0.1) is 0 Å². The average molecular weight is 431 g/mol. The van der Waals surface area contributed by atoms with Crippen molar-refractivity contribution in [1.82, 2.24) is 0 Å². The van der Waals surface area contributed by atoms with Crippen LogP contribution in [0.1, 0.15) is 85.0 Å². The van der Waals surface area contributed by atoms with E-state index in [0.717, 1.165) is 25.7 Å². The number of aliphatic hydroxyl groups is 3. The van der Waals surface area contributed by atoms with Gasteiger partial charge in [0, 0.05) is 6.42 Å². The summed E-state index contributed by atoms with van der Waals surface area (Å²) in [6.07, 6.45) is 13.3. The van der Waals surface area contributed by atoms with E-state index in [1.165, 1.54) is 43.3 Å². The van der Waals surface area contributed by atoms with Crippen LogP contribution in [0.15, 0.2) is 35.5 Å². The third-order valence-electron chi connectivity index (χ3n) is 9.04. The normalized spacial score (nSPS) is 47.2. The first-order valence-corrected chi connectivity index (χ1v) is 12.4. The molecular formula is C27H42O4. The highest BCUT2D eigenvalue weighted by atomic mass is 16.6. The van der Waals surface area contributed by atoms with E-state index < -0.39 is 11.9 Å². The van der Waals surface area contributed by atoms with Crippen molar-refractivity contribution in [1.29, 1.82) is 0 Å². The molecule has 3 aliphatic carbocycles. The summed E-state index contributed by atoms with van der Waals surface area (Å²) in [7, 11) is 0. The maximum atomic E-state index is 10.3. The fraction of sp³-hybridized carbons (Fsp3) is 0.778. The van der Waals surface area contributed by atoms with Gasteiger partial charge in [-0.3, -0.25) is 0 Å². The van der Waals surface area contributed by atoms with Gasteiger partial charge in [0.15, 0.2) is 6.29 Å². The van der Waals surface area contributed by atoms with E-state index in [1.54, 1.807) is 12.5 Å². The van der Waals surface area contributed by atoms with Crippen molar-refractivity contribution in [3.8, 4) is 0 Å². The predicted octanol–water partition coefficient (Wildman–Crippen LogP) is 5.04. The number of aliphatic hydroxyl groups excluding tert-OH is 2. The van der Waals surface area contributed by atoms with Crippen molar-refractivity contribution in [2.45, 2.75) is 109 Å². The van der Waals surface area contributed by atoms with Crippen LogP contribution in [-0.2, 0) is 4.74 Å². The molecule has 0 aromatic carbocycles. The largest absolute Gasteiger partial charge is 0.393 e. The molecule has 31 heavy (non-hydrogen) atoms. The first kappa shape index (κ1) is 23.2. The van der Waals surface area contributed by atoms with Gasteiger partial charge < -0.3 is 20.1 Å². The van der Waals surface area contributed by atoms with E-state index in [2.05, 4.69) is 32.6 Å². The van der Waals surface area contributed by atoms with Gasteiger partial charge in [0.1, 0.15) is 5.60 Å². The predicted molar refractivity (Wildman–Crippen MR) is 123 cm³/mol. The molecule has 4 nitrogen and oxygen atoms in total. The Labute approximate surface area is 188 Å². The fourth-order valence-electron chi connectivity index (χ4n) is 7.27. The number of fused-ring (bicyclic) bond motifs is 1. The summed E-state index contributed by atoms with van der Waals surface area (Å²) in [5.74, 6) is 1.78. The molecule has 4 heteroatoms. The van der Waals surface area contributed by atoms with E-state index in [9.17, 15) is 15.3 Å². The number of hydrogen-bond acceptors (Lipinski definition) is 4. The molecule has 0 radical (unpaired) electrons. The van der Waals surface area contributed by atoms with Gasteiger partial charge in [-0.2, -0.15) is 0 Å². The Hall–Kier alpha value is -0.940. The molecule has 4 rings (SSSR count). The zero-order valence-electron chi connectivity index (χ0n) is 19.6. The number of rotatable bonds is 4. The molecule has 3 saturated carbocycles. The second-order valence-corrected chi connectivity index (χ2v) is 11.4. The average Bonchev–Trinajstić information content (AvgIpc) is 3.17. The van der Waals surface area contributed by atoms with Gasteiger partial charge in [-0.05, 0) is 93.5 Å². The molecular weight excluding hydrogens is 388 g/mol.